The van der Waals surface area contributed by atoms with E-state index in [1.54, 1.807) is 20.8 Å². The molecule has 0 aromatic carbocycles. The molecule has 152 valence electrons. The van der Waals surface area contributed by atoms with Crippen molar-refractivity contribution in [2.24, 2.45) is 17.4 Å². The molecular formula is C14H31BN4O6S. The molecule has 1 heterocycles. The first-order valence-corrected chi connectivity index (χ1v) is 10.0. The third-order valence-electron chi connectivity index (χ3n) is 4.69. The van der Waals surface area contributed by atoms with Gasteiger partial charge in [0.1, 0.15) is 5.54 Å². The van der Waals surface area contributed by atoms with Gasteiger partial charge in [0.15, 0.2) is 0 Å². The summed E-state index contributed by atoms with van der Waals surface area (Å²) in [4.78, 5) is 11.7. The fourth-order valence-electron chi connectivity index (χ4n) is 3.26. The zero-order chi connectivity index (χ0) is 20.3. The summed E-state index contributed by atoms with van der Waals surface area (Å²) in [5, 5.41) is 27.5. The third-order valence-corrected chi connectivity index (χ3v) is 6.91. The molecule has 0 bridgehead atoms. The van der Waals surface area contributed by atoms with Gasteiger partial charge in [-0.05, 0) is 33.5 Å². The Bertz CT molecular complexity index is 597. The Morgan fingerprint density at radius 3 is 2.38 bits per heavy atom. The molecule has 0 spiro atoms. The lowest BCUT2D eigenvalue weighted by molar-refractivity contribution is -0.144. The predicted molar refractivity (Wildman–Crippen MR) is 98.3 cm³/mol. The van der Waals surface area contributed by atoms with Crippen molar-refractivity contribution >= 4 is 23.3 Å². The largest absolute Gasteiger partial charge is 0.480 e. The van der Waals surface area contributed by atoms with Gasteiger partial charge in [-0.25, -0.2) is 0 Å². The average Bonchev–Trinajstić information content (AvgIpc) is 2.82. The van der Waals surface area contributed by atoms with Crippen molar-refractivity contribution in [1.29, 1.82) is 0 Å². The summed E-state index contributed by atoms with van der Waals surface area (Å²) in [6.07, 6.45) is 0.674. The monoisotopic (exact) mass is 394 g/mol. The van der Waals surface area contributed by atoms with Crippen LogP contribution in [0, 0.1) is 5.92 Å². The van der Waals surface area contributed by atoms with Crippen molar-refractivity contribution in [2.75, 3.05) is 26.2 Å². The van der Waals surface area contributed by atoms with Gasteiger partial charge in [0.05, 0.1) is 0 Å². The zero-order valence-electron chi connectivity index (χ0n) is 15.6. The first kappa shape index (κ1) is 23.3. The van der Waals surface area contributed by atoms with E-state index >= 15 is 0 Å². The van der Waals surface area contributed by atoms with Gasteiger partial charge < -0.3 is 26.6 Å². The Hall–Kier alpha value is -0.755. The number of hydrogen-bond acceptors (Lipinski definition) is 7. The molecule has 2 atom stereocenters. The predicted octanol–water partition coefficient (Wildman–Crippen LogP) is -1.74. The van der Waals surface area contributed by atoms with Crippen molar-refractivity contribution in [2.45, 2.75) is 51.0 Å². The normalized spacial score (nSPS) is 25.0. The summed E-state index contributed by atoms with van der Waals surface area (Å²) < 4.78 is 28.5. The maximum absolute atomic E-state index is 13.1. The van der Waals surface area contributed by atoms with E-state index in [0.717, 1.165) is 4.31 Å². The Balaban J connectivity index is 3.08. The Kier molecular flexibility index (Phi) is 7.62. The van der Waals surface area contributed by atoms with E-state index in [0.29, 0.717) is 6.42 Å². The van der Waals surface area contributed by atoms with E-state index in [4.69, 9.17) is 21.5 Å². The molecule has 7 N–H and O–H groups in total. The highest BCUT2D eigenvalue weighted by Crippen LogP contribution is 2.34. The van der Waals surface area contributed by atoms with Crippen LogP contribution in [0.4, 0.5) is 0 Å². The first-order valence-electron chi connectivity index (χ1n) is 8.63. The Morgan fingerprint density at radius 2 is 1.96 bits per heavy atom. The summed E-state index contributed by atoms with van der Waals surface area (Å²) >= 11 is 0. The van der Waals surface area contributed by atoms with Crippen molar-refractivity contribution in [3.8, 4) is 0 Å². The molecule has 0 aromatic rings. The van der Waals surface area contributed by atoms with Gasteiger partial charge in [-0.1, -0.05) is 6.42 Å². The summed E-state index contributed by atoms with van der Waals surface area (Å²) in [5.74, 6) is -1.90. The Labute approximate surface area is 155 Å². The van der Waals surface area contributed by atoms with Crippen molar-refractivity contribution in [3.05, 3.63) is 0 Å². The van der Waals surface area contributed by atoms with Gasteiger partial charge in [0, 0.05) is 37.6 Å². The van der Waals surface area contributed by atoms with Crippen LogP contribution in [0.3, 0.4) is 0 Å². The van der Waals surface area contributed by atoms with E-state index in [-0.39, 0.29) is 38.9 Å². The number of hydrogen-bond donors (Lipinski definition) is 5. The molecule has 0 saturated carbocycles. The highest BCUT2D eigenvalue weighted by Gasteiger charge is 2.54. The van der Waals surface area contributed by atoms with Crippen molar-refractivity contribution < 1.29 is 28.4 Å². The Morgan fingerprint density at radius 1 is 1.38 bits per heavy atom. The molecule has 0 aromatic heterocycles. The SMILES string of the molecule is CC(C)(C)N(CCN)S(=O)(=O)N1C[C@H](CCCB(O)O)[C@](N)(C(=O)O)C1. The van der Waals surface area contributed by atoms with Crippen LogP contribution < -0.4 is 11.5 Å². The van der Waals surface area contributed by atoms with Gasteiger partial charge in [0.25, 0.3) is 10.2 Å². The van der Waals surface area contributed by atoms with Gasteiger partial charge in [-0.15, -0.1) is 0 Å². The van der Waals surface area contributed by atoms with Gasteiger partial charge >= 0.3 is 13.1 Å². The zero-order valence-corrected chi connectivity index (χ0v) is 16.4. The van der Waals surface area contributed by atoms with Crippen LogP contribution in [0.5, 0.6) is 0 Å². The number of rotatable bonds is 9. The van der Waals surface area contributed by atoms with Crippen LogP contribution in [-0.4, -0.2) is 82.5 Å². The number of carboxylic acids is 1. The van der Waals surface area contributed by atoms with E-state index in [1.807, 2.05) is 0 Å². The molecule has 12 heteroatoms. The molecule has 10 nitrogen and oxygen atoms in total. The maximum atomic E-state index is 13.1. The van der Waals surface area contributed by atoms with Crippen LogP contribution >= 0.6 is 0 Å². The molecule has 1 rings (SSSR count). The minimum absolute atomic E-state index is 0.0379. The van der Waals surface area contributed by atoms with Gasteiger partial charge in [0.2, 0.25) is 0 Å². The van der Waals surface area contributed by atoms with Crippen LogP contribution in [0.15, 0.2) is 0 Å². The maximum Gasteiger partial charge on any atom is 0.451 e. The minimum Gasteiger partial charge on any atom is -0.480 e. The van der Waals surface area contributed by atoms with E-state index < -0.39 is 40.3 Å². The fraction of sp³-hybridized carbons (Fsp3) is 0.929. The molecule has 26 heavy (non-hydrogen) atoms. The summed E-state index contributed by atoms with van der Waals surface area (Å²) in [7, 11) is -5.45. The number of carbonyl (C=O) groups is 1. The van der Waals surface area contributed by atoms with Crippen molar-refractivity contribution in [3.63, 3.8) is 0 Å². The second-order valence-electron chi connectivity index (χ2n) is 7.79. The van der Waals surface area contributed by atoms with E-state index in [1.165, 1.54) is 4.31 Å². The lowest BCUT2D eigenvalue weighted by Crippen LogP contribution is -2.57. The molecule has 1 saturated heterocycles. The average molecular weight is 394 g/mol. The fourth-order valence-corrected chi connectivity index (χ4v) is 5.31. The van der Waals surface area contributed by atoms with Crippen LogP contribution in [0.1, 0.15) is 33.6 Å². The number of nitrogens with zero attached hydrogens (tertiary/aromatic N) is 2. The third kappa shape index (κ3) is 5.15. The van der Waals surface area contributed by atoms with Crippen LogP contribution in [-0.2, 0) is 15.0 Å². The van der Waals surface area contributed by atoms with Gasteiger partial charge in [-0.2, -0.15) is 17.0 Å². The smallest absolute Gasteiger partial charge is 0.451 e. The van der Waals surface area contributed by atoms with Crippen LogP contribution in [0.25, 0.3) is 0 Å². The topological polar surface area (TPSA) is 170 Å². The van der Waals surface area contributed by atoms with E-state index in [9.17, 15) is 18.3 Å². The lowest BCUT2D eigenvalue weighted by Gasteiger charge is -2.37. The summed E-state index contributed by atoms with van der Waals surface area (Å²) in [6, 6.07) is 0. The molecule has 0 radical (unpaired) electrons. The molecule has 0 amide bonds. The number of carboxylic acid groups (broad SMARTS) is 1. The van der Waals surface area contributed by atoms with Crippen LogP contribution in [0.2, 0.25) is 6.32 Å². The summed E-state index contributed by atoms with van der Waals surface area (Å²) in [5.41, 5.74) is 9.17. The second-order valence-corrected chi connectivity index (χ2v) is 9.64. The highest BCUT2D eigenvalue weighted by molar-refractivity contribution is 7.86. The number of nitrogens with two attached hydrogens (primary N) is 2. The molecule has 1 aliphatic rings. The highest BCUT2D eigenvalue weighted by atomic mass is 32.2. The minimum atomic E-state index is -3.95. The quantitative estimate of drug-likeness (QED) is 0.287. The molecule has 0 aliphatic carbocycles. The van der Waals surface area contributed by atoms with Gasteiger partial charge in [-0.3, -0.25) is 4.79 Å². The lowest BCUT2D eigenvalue weighted by atomic mass is 9.78. The second kappa shape index (κ2) is 8.51. The van der Waals surface area contributed by atoms with Crippen molar-refractivity contribution in [1.82, 2.24) is 8.61 Å². The summed E-state index contributed by atoms with van der Waals surface area (Å²) in [6.45, 7) is 5.08. The molecule has 0 unspecified atom stereocenters. The molecule has 1 fully saturated rings. The molecular weight excluding hydrogens is 363 g/mol. The standard InChI is InChI=1S/C14H31BN4O6S/c1-13(2,3)19(8-7-16)26(24,25)18-9-11(5-4-6-15(22)23)14(17,10-18)12(20)21/h11,22-23H,4-10,16-17H2,1-3H3,(H,20,21)/t11-,14-/m0/s1. The number of aliphatic carboxylic acids is 1. The molecule has 1 aliphatic heterocycles. The van der Waals surface area contributed by atoms with E-state index in [2.05, 4.69) is 0 Å². The first-order chi connectivity index (χ1) is 11.8.